The van der Waals surface area contributed by atoms with Crippen LogP contribution in [0.15, 0.2) is 34.9 Å². The van der Waals surface area contributed by atoms with Crippen molar-refractivity contribution < 1.29 is 18.4 Å². The van der Waals surface area contributed by atoms with Gasteiger partial charge in [-0.15, -0.1) is 0 Å². The largest absolute Gasteiger partial charge is 0.377 e. The van der Waals surface area contributed by atoms with E-state index in [1.54, 1.807) is 6.07 Å². The van der Waals surface area contributed by atoms with Gasteiger partial charge in [0.1, 0.15) is 5.82 Å². The first-order valence-electron chi connectivity index (χ1n) is 12.5. The van der Waals surface area contributed by atoms with Crippen molar-refractivity contribution in [1.29, 1.82) is 0 Å². The second-order valence-corrected chi connectivity index (χ2v) is 9.79. The Morgan fingerprint density at radius 3 is 2.74 bits per heavy atom. The van der Waals surface area contributed by atoms with Crippen LogP contribution in [0, 0.1) is 5.82 Å². The number of halogens is 1. The minimum Gasteiger partial charge on any atom is -0.377 e. The van der Waals surface area contributed by atoms with E-state index in [1.165, 1.54) is 34.5 Å². The number of likely N-dealkylation sites (tertiary alicyclic amines) is 1. The summed E-state index contributed by atoms with van der Waals surface area (Å²) in [5.41, 5.74) is 6.52. The number of aromatic nitrogens is 1. The predicted molar refractivity (Wildman–Crippen MR) is 127 cm³/mol. The van der Waals surface area contributed by atoms with Crippen molar-refractivity contribution in [3.63, 3.8) is 0 Å². The first-order chi connectivity index (χ1) is 16.7. The summed E-state index contributed by atoms with van der Waals surface area (Å²) >= 11 is 0. The molecule has 1 saturated heterocycles. The molecule has 4 heterocycles. The molecule has 1 fully saturated rings. The van der Waals surface area contributed by atoms with Crippen molar-refractivity contribution in [3.8, 4) is 0 Å². The van der Waals surface area contributed by atoms with Gasteiger partial charge in [0.2, 0.25) is 5.91 Å². The Bertz CT molecular complexity index is 1220. The second-order valence-electron chi connectivity index (χ2n) is 9.79. The summed E-state index contributed by atoms with van der Waals surface area (Å²) < 4.78 is 24.8. The van der Waals surface area contributed by atoms with E-state index in [4.69, 9.17) is 9.26 Å². The first-order valence-corrected chi connectivity index (χ1v) is 12.5. The summed E-state index contributed by atoms with van der Waals surface area (Å²) in [5.74, 6) is 0.344. The molecule has 6 nitrogen and oxygen atoms in total. The summed E-state index contributed by atoms with van der Waals surface area (Å²) in [6.07, 6.45) is 5.52. The summed E-state index contributed by atoms with van der Waals surface area (Å²) in [4.78, 5) is 16.6. The lowest BCUT2D eigenvalue weighted by Gasteiger charge is -2.31. The molecule has 0 N–H and O–H groups in total. The van der Waals surface area contributed by atoms with Crippen LogP contribution < -0.4 is 4.90 Å². The van der Waals surface area contributed by atoms with E-state index in [-0.39, 0.29) is 11.7 Å². The van der Waals surface area contributed by atoms with Crippen LogP contribution in [0.5, 0.6) is 0 Å². The molecule has 3 aliphatic heterocycles. The normalized spacial score (nSPS) is 18.7. The zero-order valence-corrected chi connectivity index (χ0v) is 19.4. The molecule has 7 heteroatoms. The number of nitrogens with zero attached hydrogens (tertiary/aromatic N) is 3. The van der Waals surface area contributed by atoms with Gasteiger partial charge >= 0.3 is 0 Å². The number of benzene rings is 2. The fraction of sp³-hybridized carbons (Fsp3) is 0.481. The molecule has 34 heavy (non-hydrogen) atoms. The molecule has 0 unspecified atom stereocenters. The maximum atomic E-state index is 13.4. The van der Waals surface area contributed by atoms with E-state index >= 15 is 0 Å². The summed E-state index contributed by atoms with van der Waals surface area (Å²) in [6.45, 7) is 5.30. The van der Waals surface area contributed by atoms with Gasteiger partial charge in [0.25, 0.3) is 0 Å². The highest BCUT2D eigenvalue weighted by Crippen LogP contribution is 2.37. The first kappa shape index (κ1) is 21.7. The van der Waals surface area contributed by atoms with Gasteiger partial charge in [0.05, 0.1) is 18.0 Å². The van der Waals surface area contributed by atoms with Crippen LogP contribution in [0.4, 0.5) is 10.1 Å². The lowest BCUT2D eigenvalue weighted by atomic mass is 9.91. The van der Waals surface area contributed by atoms with Crippen LogP contribution in [0.25, 0.3) is 11.0 Å². The number of hydrogen-bond donors (Lipinski definition) is 0. The van der Waals surface area contributed by atoms with Gasteiger partial charge in [-0.25, -0.2) is 4.39 Å². The van der Waals surface area contributed by atoms with Crippen LogP contribution in [0.1, 0.15) is 54.0 Å². The van der Waals surface area contributed by atoms with E-state index in [0.717, 1.165) is 76.0 Å². The maximum Gasteiger partial charge on any atom is 0.227 e. The van der Waals surface area contributed by atoms with Crippen molar-refractivity contribution in [3.05, 3.63) is 58.5 Å². The van der Waals surface area contributed by atoms with Crippen molar-refractivity contribution in [2.24, 2.45) is 0 Å². The number of amides is 1. The number of anilines is 1. The third-order valence-electron chi connectivity index (χ3n) is 7.58. The third kappa shape index (κ3) is 4.12. The number of fused-ring (bicyclic) bond motifs is 1. The molecular weight excluding hydrogens is 433 g/mol. The zero-order chi connectivity index (χ0) is 23.1. The Labute approximate surface area is 198 Å². The Hall–Kier alpha value is -2.77. The van der Waals surface area contributed by atoms with Gasteiger partial charge in [0.15, 0.2) is 5.58 Å². The molecule has 6 rings (SSSR count). The fourth-order valence-corrected chi connectivity index (χ4v) is 5.85. The Balaban J connectivity index is 0.952. The van der Waals surface area contributed by atoms with Gasteiger partial charge in [-0.2, -0.15) is 0 Å². The number of aryl methyl sites for hydroxylation is 1. The molecule has 0 saturated carbocycles. The number of ether oxygens (including phenoxy) is 1. The van der Waals surface area contributed by atoms with Gasteiger partial charge in [-0.3, -0.25) is 4.79 Å². The molecule has 0 spiro atoms. The SMILES string of the molecule is O=C1CCc2cc(COCCCN3CCC(c4noc5cc(F)ccc45)CC3)cc3c2N1CC3. The molecule has 1 amide bonds. The van der Waals surface area contributed by atoms with E-state index in [9.17, 15) is 9.18 Å². The molecule has 0 radical (unpaired) electrons. The van der Waals surface area contributed by atoms with Gasteiger partial charge in [0, 0.05) is 43.5 Å². The molecule has 0 aliphatic carbocycles. The van der Waals surface area contributed by atoms with Crippen LogP contribution >= 0.6 is 0 Å². The van der Waals surface area contributed by atoms with Crippen LogP contribution in [-0.4, -0.2) is 48.7 Å². The van der Waals surface area contributed by atoms with Crippen molar-refractivity contribution in [2.45, 2.75) is 51.0 Å². The lowest BCUT2D eigenvalue weighted by molar-refractivity contribution is -0.118. The van der Waals surface area contributed by atoms with Crippen LogP contribution in [0.3, 0.4) is 0 Å². The number of hydrogen-bond acceptors (Lipinski definition) is 5. The maximum absolute atomic E-state index is 13.4. The van der Waals surface area contributed by atoms with Crippen molar-refractivity contribution in [2.75, 3.05) is 37.7 Å². The second kappa shape index (κ2) is 9.12. The van der Waals surface area contributed by atoms with Crippen molar-refractivity contribution in [1.82, 2.24) is 10.1 Å². The van der Waals surface area contributed by atoms with Gasteiger partial charge in [-0.1, -0.05) is 17.3 Å². The summed E-state index contributed by atoms with van der Waals surface area (Å²) in [5, 5.41) is 5.18. The van der Waals surface area contributed by atoms with E-state index in [1.807, 2.05) is 4.90 Å². The number of carbonyl (C=O) groups excluding carboxylic acids is 1. The third-order valence-corrected chi connectivity index (χ3v) is 7.58. The van der Waals surface area contributed by atoms with E-state index < -0.39 is 0 Å². The average Bonchev–Trinajstić information content (AvgIpc) is 3.47. The Morgan fingerprint density at radius 1 is 1.06 bits per heavy atom. The van der Waals surface area contributed by atoms with Gasteiger partial charge < -0.3 is 19.1 Å². The monoisotopic (exact) mass is 463 g/mol. The Morgan fingerprint density at radius 2 is 1.88 bits per heavy atom. The Kier molecular flexibility index (Phi) is 5.83. The number of carbonyl (C=O) groups is 1. The highest BCUT2D eigenvalue weighted by Gasteiger charge is 2.31. The van der Waals surface area contributed by atoms with Crippen LogP contribution in [-0.2, 0) is 29.0 Å². The van der Waals surface area contributed by atoms with E-state index in [0.29, 0.717) is 24.5 Å². The van der Waals surface area contributed by atoms with E-state index in [2.05, 4.69) is 22.2 Å². The molecule has 0 bridgehead atoms. The number of rotatable bonds is 7. The van der Waals surface area contributed by atoms with Gasteiger partial charge in [-0.05, 0) is 74.0 Å². The smallest absolute Gasteiger partial charge is 0.227 e. The quantitative estimate of drug-likeness (QED) is 0.480. The minimum absolute atomic E-state index is 0.268. The standard InChI is InChI=1S/C27H30FN3O3/c28-22-3-4-23-24(16-22)34-29-26(23)19-6-10-30(11-7-19)9-1-13-33-17-18-14-20-2-5-25(32)31-12-8-21(15-18)27(20)31/h3-4,14-16,19H,1-2,5-13,17H2. The number of piperidine rings is 1. The molecule has 3 aromatic rings. The average molecular weight is 464 g/mol. The highest BCUT2D eigenvalue weighted by atomic mass is 19.1. The summed E-state index contributed by atoms with van der Waals surface area (Å²) in [7, 11) is 0. The fourth-order valence-electron chi connectivity index (χ4n) is 5.85. The zero-order valence-electron chi connectivity index (χ0n) is 19.4. The molecule has 178 valence electrons. The lowest BCUT2D eigenvalue weighted by Crippen LogP contribution is -2.34. The topological polar surface area (TPSA) is 58.8 Å². The van der Waals surface area contributed by atoms with Crippen LogP contribution in [0.2, 0.25) is 0 Å². The minimum atomic E-state index is -0.291. The molecule has 1 aromatic heterocycles. The predicted octanol–water partition coefficient (Wildman–Crippen LogP) is 4.59. The highest BCUT2D eigenvalue weighted by molar-refractivity contribution is 5.98. The molecular formula is C27H30FN3O3. The molecule has 0 atom stereocenters. The van der Waals surface area contributed by atoms with Crippen molar-refractivity contribution >= 4 is 22.6 Å². The molecule has 3 aliphatic rings. The molecule has 2 aromatic carbocycles. The summed E-state index contributed by atoms with van der Waals surface area (Å²) in [6, 6.07) is 9.13.